The number of likely N-dealkylation sites (N-methyl/N-ethyl adjacent to an activating group) is 1. The third-order valence-electron chi connectivity index (χ3n) is 3.28. The van der Waals surface area contributed by atoms with Crippen LogP contribution in [0.1, 0.15) is 32.6 Å². The number of amides is 1. The number of nitrogens with two attached hydrogens (primary N) is 1. The highest BCUT2D eigenvalue weighted by Crippen LogP contribution is 2.20. The van der Waals surface area contributed by atoms with Crippen LogP contribution in [0.4, 0.5) is 0 Å². The third kappa shape index (κ3) is 3.82. The first-order chi connectivity index (χ1) is 8.23. The van der Waals surface area contributed by atoms with Crippen molar-refractivity contribution in [3.63, 3.8) is 0 Å². The predicted octanol–water partition coefficient (Wildman–Crippen LogP) is 2.51. The highest BCUT2D eigenvalue weighted by atomic mass is 32.1. The molecule has 1 amide bonds. The molecule has 1 rings (SSSR count). The van der Waals surface area contributed by atoms with E-state index in [0.717, 1.165) is 6.42 Å². The van der Waals surface area contributed by atoms with Crippen molar-refractivity contribution in [2.24, 2.45) is 11.1 Å². The van der Waals surface area contributed by atoms with E-state index >= 15 is 0 Å². The smallest absolute Gasteiger partial charge is 0.240 e. The first-order valence-corrected chi connectivity index (χ1v) is 7.16. The molecule has 1 unspecified atom stereocenters. The van der Waals surface area contributed by atoms with Gasteiger partial charge in [-0.1, -0.05) is 26.8 Å². The number of thiophene rings is 1. The van der Waals surface area contributed by atoms with Gasteiger partial charge in [0.2, 0.25) is 5.91 Å². The molecule has 102 valence electrons. The van der Waals surface area contributed by atoms with Crippen LogP contribution in [0.15, 0.2) is 17.5 Å². The normalized spacial score (nSPS) is 15.2. The fourth-order valence-corrected chi connectivity index (χ4v) is 2.49. The van der Waals surface area contributed by atoms with Crippen LogP contribution in [-0.4, -0.2) is 29.9 Å². The van der Waals surface area contributed by atoms with Gasteiger partial charge in [-0.15, -0.1) is 11.3 Å². The lowest BCUT2D eigenvalue weighted by molar-refractivity contribution is -0.135. The highest BCUT2D eigenvalue weighted by Gasteiger charge is 2.31. The molecule has 0 saturated heterocycles. The van der Waals surface area contributed by atoms with Gasteiger partial charge in [0.05, 0.1) is 6.04 Å². The van der Waals surface area contributed by atoms with Gasteiger partial charge in [-0.3, -0.25) is 4.79 Å². The van der Waals surface area contributed by atoms with Crippen molar-refractivity contribution in [2.75, 3.05) is 7.05 Å². The Morgan fingerprint density at radius 1 is 1.50 bits per heavy atom. The molecule has 0 fully saturated rings. The van der Waals surface area contributed by atoms with Gasteiger partial charge in [-0.05, 0) is 23.8 Å². The van der Waals surface area contributed by atoms with E-state index in [9.17, 15) is 4.79 Å². The Kier molecular flexibility index (Phi) is 4.93. The first kappa shape index (κ1) is 15.2. The Balaban J connectivity index is 2.63. The van der Waals surface area contributed by atoms with Gasteiger partial charge in [0, 0.05) is 24.4 Å². The quantitative estimate of drug-likeness (QED) is 0.912. The van der Waals surface area contributed by atoms with Gasteiger partial charge in [-0.2, -0.15) is 0 Å². The molecule has 0 spiro atoms. The second-order valence-electron chi connectivity index (χ2n) is 5.93. The fourth-order valence-electron chi connectivity index (χ4n) is 1.66. The van der Waals surface area contributed by atoms with E-state index in [0.29, 0.717) is 0 Å². The second-order valence-corrected chi connectivity index (χ2v) is 6.96. The average Bonchev–Trinajstić information content (AvgIpc) is 2.77. The first-order valence-electron chi connectivity index (χ1n) is 6.28. The molecule has 0 aromatic carbocycles. The van der Waals surface area contributed by atoms with E-state index in [-0.39, 0.29) is 17.4 Å². The molecule has 0 aliphatic rings. The lowest BCUT2D eigenvalue weighted by Crippen LogP contribution is -2.51. The molecule has 18 heavy (non-hydrogen) atoms. The van der Waals surface area contributed by atoms with Gasteiger partial charge in [0.1, 0.15) is 0 Å². The van der Waals surface area contributed by atoms with E-state index in [1.54, 1.807) is 16.2 Å². The van der Waals surface area contributed by atoms with Crippen LogP contribution in [0.3, 0.4) is 0 Å². The van der Waals surface area contributed by atoms with Gasteiger partial charge < -0.3 is 10.6 Å². The number of rotatable bonds is 4. The summed E-state index contributed by atoms with van der Waals surface area (Å²) in [6.45, 7) is 8.04. The second kappa shape index (κ2) is 5.85. The van der Waals surface area contributed by atoms with E-state index in [1.165, 1.54) is 4.88 Å². The van der Waals surface area contributed by atoms with Crippen LogP contribution < -0.4 is 5.73 Å². The summed E-state index contributed by atoms with van der Waals surface area (Å²) in [6.07, 6.45) is 0.886. The minimum Gasteiger partial charge on any atom is -0.341 e. The molecule has 1 heterocycles. The average molecular weight is 268 g/mol. The summed E-state index contributed by atoms with van der Waals surface area (Å²) >= 11 is 1.73. The van der Waals surface area contributed by atoms with E-state index in [4.69, 9.17) is 5.73 Å². The highest BCUT2D eigenvalue weighted by molar-refractivity contribution is 7.09. The Bertz CT molecular complexity index is 381. The zero-order valence-corrected chi connectivity index (χ0v) is 12.8. The monoisotopic (exact) mass is 268 g/mol. The molecule has 0 bridgehead atoms. The summed E-state index contributed by atoms with van der Waals surface area (Å²) in [5.74, 6) is 0.0200. The van der Waals surface area contributed by atoms with Crippen LogP contribution in [0.2, 0.25) is 0 Å². The largest absolute Gasteiger partial charge is 0.341 e. The zero-order valence-electron chi connectivity index (χ0n) is 11.9. The SMILES string of the molecule is CC(Cc1cccs1)N(C)C(=O)[C@H](N)C(C)(C)C. The van der Waals surface area contributed by atoms with Crippen LogP contribution >= 0.6 is 11.3 Å². The Labute approximate surface area is 114 Å². The number of hydrogen-bond acceptors (Lipinski definition) is 3. The summed E-state index contributed by atoms with van der Waals surface area (Å²) in [5.41, 5.74) is 5.82. The molecule has 1 aromatic heterocycles. The van der Waals surface area contributed by atoms with Gasteiger partial charge >= 0.3 is 0 Å². The van der Waals surface area contributed by atoms with Crippen LogP contribution in [0.25, 0.3) is 0 Å². The Morgan fingerprint density at radius 3 is 2.56 bits per heavy atom. The number of carbonyl (C=O) groups is 1. The summed E-state index contributed by atoms with van der Waals surface area (Å²) in [4.78, 5) is 15.3. The molecular weight excluding hydrogens is 244 g/mol. The minimum atomic E-state index is -0.451. The number of hydrogen-bond donors (Lipinski definition) is 1. The predicted molar refractivity (Wildman–Crippen MR) is 77.7 cm³/mol. The summed E-state index contributed by atoms with van der Waals surface area (Å²) in [5, 5.41) is 2.06. The number of carbonyl (C=O) groups excluding carboxylic acids is 1. The summed E-state index contributed by atoms with van der Waals surface area (Å²) in [7, 11) is 1.84. The van der Waals surface area contributed by atoms with Crippen LogP contribution in [0, 0.1) is 5.41 Å². The van der Waals surface area contributed by atoms with Crippen molar-refractivity contribution in [3.05, 3.63) is 22.4 Å². The van der Waals surface area contributed by atoms with Crippen molar-refractivity contribution >= 4 is 17.2 Å². The standard InChI is InChI=1S/C14H24N2OS/c1-10(9-11-7-6-8-18-11)16(5)13(17)12(15)14(2,3)4/h6-8,10,12H,9,15H2,1-5H3/t10?,12-/m0/s1. The van der Waals surface area contributed by atoms with E-state index in [1.807, 2.05) is 33.9 Å². The lowest BCUT2D eigenvalue weighted by atomic mass is 9.86. The van der Waals surface area contributed by atoms with E-state index in [2.05, 4.69) is 18.4 Å². The van der Waals surface area contributed by atoms with Crippen molar-refractivity contribution in [2.45, 2.75) is 46.2 Å². The van der Waals surface area contributed by atoms with E-state index < -0.39 is 6.04 Å². The van der Waals surface area contributed by atoms with Crippen LogP contribution in [0.5, 0.6) is 0 Å². The lowest BCUT2D eigenvalue weighted by Gasteiger charge is -2.33. The zero-order chi connectivity index (χ0) is 13.9. The van der Waals surface area contributed by atoms with Crippen LogP contribution in [-0.2, 0) is 11.2 Å². The topological polar surface area (TPSA) is 46.3 Å². The minimum absolute atomic E-state index is 0.0200. The summed E-state index contributed by atoms with van der Waals surface area (Å²) < 4.78 is 0. The Hall–Kier alpha value is -0.870. The van der Waals surface area contributed by atoms with Gasteiger partial charge in [-0.25, -0.2) is 0 Å². The van der Waals surface area contributed by atoms with Gasteiger partial charge in [0.25, 0.3) is 0 Å². The van der Waals surface area contributed by atoms with Crippen molar-refractivity contribution in [3.8, 4) is 0 Å². The fraction of sp³-hybridized carbons (Fsp3) is 0.643. The molecule has 0 aliphatic heterocycles. The molecule has 1 aromatic rings. The molecular formula is C14H24N2OS. The van der Waals surface area contributed by atoms with Gasteiger partial charge in [0.15, 0.2) is 0 Å². The maximum Gasteiger partial charge on any atom is 0.240 e. The summed E-state index contributed by atoms with van der Waals surface area (Å²) in [6, 6.07) is 3.86. The molecule has 3 nitrogen and oxygen atoms in total. The third-order valence-corrected chi connectivity index (χ3v) is 4.18. The van der Waals surface area contributed by atoms with Crippen molar-refractivity contribution in [1.29, 1.82) is 0 Å². The molecule has 0 saturated carbocycles. The van der Waals surface area contributed by atoms with Crippen molar-refractivity contribution in [1.82, 2.24) is 4.90 Å². The molecule has 4 heteroatoms. The number of nitrogens with zero attached hydrogens (tertiary/aromatic N) is 1. The maximum atomic E-state index is 12.3. The molecule has 0 aliphatic carbocycles. The van der Waals surface area contributed by atoms with Crippen molar-refractivity contribution < 1.29 is 4.79 Å². The molecule has 0 radical (unpaired) electrons. The Morgan fingerprint density at radius 2 is 2.11 bits per heavy atom. The molecule has 2 N–H and O–H groups in total. The molecule has 2 atom stereocenters. The maximum absolute atomic E-state index is 12.3.